The Morgan fingerprint density at radius 3 is 1.92 bits per heavy atom. The van der Waals surface area contributed by atoms with Gasteiger partial charge in [-0.25, -0.2) is 0 Å². The van der Waals surface area contributed by atoms with Gasteiger partial charge in [0.05, 0.1) is 5.92 Å². The summed E-state index contributed by atoms with van der Waals surface area (Å²) < 4.78 is 0. The molecule has 9 N–H and O–H groups in total. The molecule has 5 atom stereocenters. The van der Waals surface area contributed by atoms with E-state index in [0.29, 0.717) is 51.6 Å². The molecular weight excluding hydrogens is 611 g/mol. The van der Waals surface area contributed by atoms with E-state index in [1.165, 1.54) is 0 Å². The zero-order valence-electron chi connectivity index (χ0n) is 28.2. The quantitative estimate of drug-likeness (QED) is 0.0843. The zero-order chi connectivity index (χ0) is 35.1. The van der Waals surface area contributed by atoms with E-state index in [4.69, 9.17) is 11.5 Å². The summed E-state index contributed by atoms with van der Waals surface area (Å²) in [5.41, 5.74) is 13.5. The minimum atomic E-state index is -1.53. The Balaban J connectivity index is 1.78. The fourth-order valence-electron chi connectivity index (χ4n) is 5.98. The highest BCUT2D eigenvalue weighted by Crippen LogP contribution is 2.24. The van der Waals surface area contributed by atoms with E-state index in [-0.39, 0.29) is 37.2 Å². The first-order valence-corrected chi connectivity index (χ1v) is 17.1. The van der Waals surface area contributed by atoms with Crippen molar-refractivity contribution in [2.45, 2.75) is 82.7 Å². The molecule has 1 aliphatic rings. The summed E-state index contributed by atoms with van der Waals surface area (Å²) >= 11 is 0. The van der Waals surface area contributed by atoms with Crippen molar-refractivity contribution in [3.63, 3.8) is 0 Å². The molecule has 0 saturated carbocycles. The molecule has 1 unspecified atom stereocenters. The van der Waals surface area contributed by atoms with Gasteiger partial charge in [0.15, 0.2) is 0 Å². The highest BCUT2D eigenvalue weighted by Gasteiger charge is 2.37. The minimum absolute atomic E-state index is 0.0208. The van der Waals surface area contributed by atoms with Crippen LogP contribution in [0.2, 0.25) is 5.82 Å². The summed E-state index contributed by atoms with van der Waals surface area (Å²) in [6.07, 6.45) is 2.98. The van der Waals surface area contributed by atoms with Crippen LogP contribution in [0, 0.1) is 11.8 Å². The third kappa shape index (κ3) is 12.4. The van der Waals surface area contributed by atoms with E-state index in [1.807, 2.05) is 74.5 Å². The number of rotatable bonds is 19. The predicted molar refractivity (Wildman–Crippen MR) is 186 cm³/mol. The Kier molecular flexibility index (Phi) is 16.0. The summed E-state index contributed by atoms with van der Waals surface area (Å²) in [7, 11) is -1.53. The van der Waals surface area contributed by atoms with E-state index in [9.17, 15) is 29.2 Å². The number of nitrogens with zero attached hydrogens (tertiary/aromatic N) is 1. The number of carbonyl (C=O) groups excluding carboxylic acids is 4. The first kappa shape index (κ1) is 38.7. The highest BCUT2D eigenvalue weighted by atomic mass is 16.4. The van der Waals surface area contributed by atoms with Gasteiger partial charge in [0.2, 0.25) is 23.6 Å². The van der Waals surface area contributed by atoms with Crippen LogP contribution < -0.4 is 27.4 Å². The van der Waals surface area contributed by atoms with Gasteiger partial charge in [0.1, 0.15) is 18.1 Å². The van der Waals surface area contributed by atoms with Gasteiger partial charge in [0.25, 0.3) is 0 Å². The number of nitrogens with one attached hydrogen (secondary N) is 3. The minimum Gasteiger partial charge on any atom is -0.427 e. The van der Waals surface area contributed by atoms with Gasteiger partial charge < -0.3 is 42.4 Å². The summed E-state index contributed by atoms with van der Waals surface area (Å²) in [6.45, 7) is 4.92. The summed E-state index contributed by atoms with van der Waals surface area (Å²) in [5, 5.41) is 27.9. The monoisotopic (exact) mass is 664 g/mol. The van der Waals surface area contributed by atoms with Crippen molar-refractivity contribution in [3.8, 4) is 0 Å². The average molecular weight is 665 g/mol. The molecule has 2 aromatic rings. The van der Waals surface area contributed by atoms with Crippen molar-refractivity contribution in [1.29, 1.82) is 0 Å². The van der Waals surface area contributed by atoms with Crippen LogP contribution in [0.4, 0.5) is 0 Å². The normalized spacial score (nSPS) is 16.9. The van der Waals surface area contributed by atoms with Crippen LogP contribution in [-0.2, 0) is 32.0 Å². The Labute approximate surface area is 284 Å². The maximum Gasteiger partial charge on any atom is 0.456 e. The van der Waals surface area contributed by atoms with Gasteiger partial charge in [-0.15, -0.1) is 0 Å². The van der Waals surface area contributed by atoms with Crippen molar-refractivity contribution in [3.05, 3.63) is 71.8 Å². The first-order chi connectivity index (χ1) is 23.0. The van der Waals surface area contributed by atoms with Crippen molar-refractivity contribution >= 4 is 30.7 Å². The van der Waals surface area contributed by atoms with Crippen LogP contribution in [0.3, 0.4) is 0 Å². The lowest BCUT2D eigenvalue weighted by Gasteiger charge is -2.28. The Hall–Kier alpha value is -3.78. The molecule has 1 saturated heterocycles. The maximum atomic E-state index is 13.9. The molecule has 3 rings (SSSR count). The molecule has 13 heteroatoms. The van der Waals surface area contributed by atoms with E-state index in [2.05, 4.69) is 16.0 Å². The van der Waals surface area contributed by atoms with E-state index in [0.717, 1.165) is 11.1 Å². The van der Waals surface area contributed by atoms with Crippen molar-refractivity contribution in [1.82, 2.24) is 20.9 Å². The zero-order valence-corrected chi connectivity index (χ0v) is 28.2. The molecule has 0 aromatic heterocycles. The van der Waals surface area contributed by atoms with E-state index in [1.54, 1.807) is 4.90 Å². The van der Waals surface area contributed by atoms with Gasteiger partial charge in [-0.1, -0.05) is 74.5 Å². The van der Waals surface area contributed by atoms with Gasteiger partial charge in [-0.2, -0.15) is 0 Å². The largest absolute Gasteiger partial charge is 0.456 e. The highest BCUT2D eigenvalue weighted by molar-refractivity contribution is 6.43. The molecule has 262 valence electrons. The number of amides is 4. The predicted octanol–water partition coefficient (Wildman–Crippen LogP) is 0.752. The smallest absolute Gasteiger partial charge is 0.427 e. The third-order valence-corrected chi connectivity index (χ3v) is 8.76. The lowest BCUT2D eigenvalue weighted by molar-refractivity contribution is -0.137. The second kappa shape index (κ2) is 19.9. The van der Waals surface area contributed by atoms with Crippen molar-refractivity contribution < 1.29 is 29.2 Å². The average Bonchev–Trinajstić information content (AvgIpc) is 3.57. The molecule has 12 nitrogen and oxygen atoms in total. The lowest BCUT2D eigenvalue weighted by Crippen LogP contribution is -2.58. The molecule has 1 aliphatic heterocycles. The van der Waals surface area contributed by atoms with Crippen LogP contribution in [0.25, 0.3) is 0 Å². The molecule has 0 aliphatic carbocycles. The summed E-state index contributed by atoms with van der Waals surface area (Å²) in [6, 6.07) is 16.0. The van der Waals surface area contributed by atoms with Crippen molar-refractivity contribution in [2.24, 2.45) is 23.3 Å². The molecule has 0 spiro atoms. The number of unbranched alkanes of at least 4 members (excludes halogenated alkanes) is 1. The van der Waals surface area contributed by atoms with Crippen LogP contribution in [0.15, 0.2) is 60.7 Å². The Bertz CT molecular complexity index is 1300. The second-order valence-electron chi connectivity index (χ2n) is 13.2. The molecular formula is C35H53BN6O6. The fraction of sp³-hybridized carbons (Fsp3) is 0.543. The first-order valence-electron chi connectivity index (χ1n) is 17.1. The summed E-state index contributed by atoms with van der Waals surface area (Å²) in [5.74, 6) is -2.68. The van der Waals surface area contributed by atoms with Crippen LogP contribution in [-0.4, -0.2) is 90.0 Å². The molecule has 0 bridgehead atoms. The van der Waals surface area contributed by atoms with Crippen molar-refractivity contribution in [2.75, 3.05) is 26.2 Å². The fourth-order valence-corrected chi connectivity index (χ4v) is 5.98. The number of nitrogens with two attached hydrogens (primary N) is 2. The second-order valence-corrected chi connectivity index (χ2v) is 13.2. The van der Waals surface area contributed by atoms with Crippen LogP contribution >= 0.6 is 0 Å². The number of hydrogen-bond donors (Lipinski definition) is 7. The van der Waals surface area contributed by atoms with E-state index >= 15 is 0 Å². The van der Waals surface area contributed by atoms with Gasteiger partial charge in [0, 0.05) is 31.9 Å². The molecule has 0 radical (unpaired) electrons. The van der Waals surface area contributed by atoms with Gasteiger partial charge >= 0.3 is 7.12 Å². The molecule has 4 amide bonds. The topological polar surface area (TPSA) is 200 Å². The van der Waals surface area contributed by atoms with E-state index < -0.39 is 48.8 Å². The molecule has 2 aromatic carbocycles. The number of likely N-dealkylation sites (tertiary alicyclic amines) is 1. The number of hydrogen-bond acceptors (Lipinski definition) is 8. The van der Waals surface area contributed by atoms with Crippen LogP contribution in [0.5, 0.6) is 0 Å². The molecule has 1 fully saturated rings. The van der Waals surface area contributed by atoms with Gasteiger partial charge in [-0.3, -0.25) is 19.2 Å². The van der Waals surface area contributed by atoms with Crippen LogP contribution in [0.1, 0.15) is 57.1 Å². The maximum absolute atomic E-state index is 13.9. The molecule has 48 heavy (non-hydrogen) atoms. The number of carbonyl (C=O) groups is 4. The Morgan fingerprint density at radius 2 is 1.38 bits per heavy atom. The number of benzene rings is 2. The Morgan fingerprint density at radius 1 is 0.812 bits per heavy atom. The SMILES string of the molecule is CC(C)C[C@@H](NC(=O)[C@@H](Cc1ccccc1)NC(=O)[C@H](CN)Cc1ccccc1)C(=O)N[C@H](CCCCN)C(=O)N1CCC(B(O)O)C1. The molecule has 1 heterocycles. The summed E-state index contributed by atoms with van der Waals surface area (Å²) in [4.78, 5) is 56.3. The standard InChI is InChI=1S/C35H53BN6O6/c1-24(2)19-30(33(44)39-29(15-9-10-17-37)35(46)42-18-16-28(23-42)36(47)48)41-34(45)31(21-26-13-7-4-8-14-26)40-32(43)27(22-38)20-25-11-5-3-6-12-25/h3-8,11-14,24,27-31,47-48H,9-10,15-23,37-38H2,1-2H3,(H,39,44)(H,40,43)(H,41,45)/t27-,28?,29+,30+,31+/m0/s1. The third-order valence-electron chi connectivity index (χ3n) is 8.76. The lowest BCUT2D eigenvalue weighted by atomic mass is 9.72. The van der Waals surface area contributed by atoms with Gasteiger partial charge in [-0.05, 0) is 62.1 Å².